The van der Waals surface area contributed by atoms with Gasteiger partial charge in [0, 0.05) is 12.6 Å². The van der Waals surface area contributed by atoms with E-state index in [0.717, 1.165) is 30.5 Å². The summed E-state index contributed by atoms with van der Waals surface area (Å²) in [7, 11) is 0. The van der Waals surface area contributed by atoms with Gasteiger partial charge >= 0.3 is 0 Å². The van der Waals surface area contributed by atoms with Gasteiger partial charge in [-0.2, -0.15) is 0 Å². The van der Waals surface area contributed by atoms with Gasteiger partial charge in [-0.15, -0.1) is 0 Å². The van der Waals surface area contributed by atoms with E-state index in [2.05, 4.69) is 24.4 Å². The molecule has 2 nitrogen and oxygen atoms in total. The first-order chi connectivity index (χ1) is 10.7. The standard InChI is InChI=1S/C19H22FNO/c1-2-18-12-19(14-21-18,16-8-10-17(20)11-9-16)22-13-15-6-4-3-5-7-15/h3-11,18,21H,2,12-14H2,1H3. The topological polar surface area (TPSA) is 21.3 Å². The van der Waals surface area contributed by atoms with Gasteiger partial charge in [0.1, 0.15) is 11.4 Å². The Bertz CT molecular complexity index is 599. The van der Waals surface area contributed by atoms with E-state index >= 15 is 0 Å². The van der Waals surface area contributed by atoms with Gasteiger partial charge in [-0.3, -0.25) is 0 Å². The van der Waals surface area contributed by atoms with Gasteiger partial charge in [0.25, 0.3) is 0 Å². The Kier molecular flexibility index (Phi) is 4.55. The summed E-state index contributed by atoms with van der Waals surface area (Å²) in [5.41, 5.74) is 1.83. The van der Waals surface area contributed by atoms with Gasteiger partial charge in [-0.25, -0.2) is 4.39 Å². The van der Waals surface area contributed by atoms with Crippen molar-refractivity contribution in [2.45, 2.75) is 38.0 Å². The third kappa shape index (κ3) is 3.21. The zero-order chi connectivity index (χ0) is 15.4. The lowest BCUT2D eigenvalue weighted by Crippen LogP contribution is -2.32. The van der Waals surface area contributed by atoms with E-state index in [1.807, 2.05) is 30.3 Å². The molecule has 116 valence electrons. The summed E-state index contributed by atoms with van der Waals surface area (Å²) in [5, 5.41) is 3.53. The van der Waals surface area contributed by atoms with Crippen molar-refractivity contribution >= 4 is 0 Å². The summed E-state index contributed by atoms with van der Waals surface area (Å²) in [6.07, 6.45) is 1.99. The summed E-state index contributed by atoms with van der Waals surface area (Å²) in [6.45, 7) is 3.51. The molecule has 1 N–H and O–H groups in total. The van der Waals surface area contributed by atoms with Crippen LogP contribution in [0.4, 0.5) is 4.39 Å². The molecule has 0 amide bonds. The third-order valence-electron chi connectivity index (χ3n) is 4.47. The van der Waals surface area contributed by atoms with Crippen molar-refractivity contribution in [3.63, 3.8) is 0 Å². The Morgan fingerprint density at radius 1 is 1.14 bits per heavy atom. The van der Waals surface area contributed by atoms with Crippen LogP contribution in [0.25, 0.3) is 0 Å². The SMILES string of the molecule is CCC1CC(OCc2ccccc2)(c2ccc(F)cc2)CN1. The molecule has 0 saturated carbocycles. The van der Waals surface area contributed by atoms with Gasteiger partial charge in [-0.05, 0) is 36.1 Å². The molecule has 0 spiro atoms. The highest BCUT2D eigenvalue weighted by atomic mass is 19.1. The van der Waals surface area contributed by atoms with Crippen molar-refractivity contribution in [3.8, 4) is 0 Å². The zero-order valence-corrected chi connectivity index (χ0v) is 12.9. The Morgan fingerprint density at radius 2 is 1.86 bits per heavy atom. The largest absolute Gasteiger partial charge is 0.364 e. The number of hydrogen-bond acceptors (Lipinski definition) is 2. The van der Waals surface area contributed by atoms with Crippen molar-refractivity contribution in [2.24, 2.45) is 0 Å². The smallest absolute Gasteiger partial charge is 0.123 e. The van der Waals surface area contributed by atoms with Crippen LogP contribution in [-0.2, 0) is 16.9 Å². The van der Waals surface area contributed by atoms with E-state index in [9.17, 15) is 4.39 Å². The summed E-state index contributed by atoms with van der Waals surface area (Å²) >= 11 is 0. The molecule has 2 atom stereocenters. The van der Waals surface area contributed by atoms with Crippen LogP contribution < -0.4 is 5.32 Å². The van der Waals surface area contributed by atoms with Gasteiger partial charge in [0.2, 0.25) is 0 Å². The van der Waals surface area contributed by atoms with Crippen molar-refractivity contribution in [2.75, 3.05) is 6.54 Å². The second kappa shape index (κ2) is 6.59. The van der Waals surface area contributed by atoms with Gasteiger partial charge < -0.3 is 10.1 Å². The van der Waals surface area contributed by atoms with Crippen LogP contribution in [0.2, 0.25) is 0 Å². The Morgan fingerprint density at radius 3 is 2.50 bits per heavy atom. The molecule has 1 fully saturated rings. The molecule has 22 heavy (non-hydrogen) atoms. The fourth-order valence-corrected chi connectivity index (χ4v) is 3.10. The highest BCUT2D eigenvalue weighted by molar-refractivity contribution is 5.26. The maximum atomic E-state index is 13.2. The van der Waals surface area contributed by atoms with Crippen LogP contribution in [0.1, 0.15) is 30.9 Å². The molecule has 1 heterocycles. The van der Waals surface area contributed by atoms with Crippen LogP contribution in [0.5, 0.6) is 0 Å². The molecule has 1 aliphatic heterocycles. The van der Waals surface area contributed by atoms with E-state index < -0.39 is 0 Å². The molecular weight excluding hydrogens is 277 g/mol. The molecule has 1 aliphatic rings. The minimum Gasteiger partial charge on any atom is -0.364 e. The molecule has 0 aromatic heterocycles. The van der Waals surface area contributed by atoms with Gasteiger partial charge in [-0.1, -0.05) is 49.4 Å². The lowest BCUT2D eigenvalue weighted by atomic mass is 9.90. The van der Waals surface area contributed by atoms with Crippen molar-refractivity contribution in [3.05, 3.63) is 71.5 Å². The lowest BCUT2D eigenvalue weighted by molar-refractivity contribution is -0.0488. The second-order valence-electron chi connectivity index (χ2n) is 5.97. The summed E-state index contributed by atoms with van der Waals surface area (Å²) in [6, 6.07) is 17.3. The highest BCUT2D eigenvalue weighted by Gasteiger charge is 2.40. The molecule has 2 aromatic rings. The summed E-state index contributed by atoms with van der Waals surface area (Å²) < 4.78 is 19.6. The van der Waals surface area contributed by atoms with Crippen molar-refractivity contribution in [1.29, 1.82) is 0 Å². The van der Waals surface area contributed by atoms with Gasteiger partial charge in [0.05, 0.1) is 6.61 Å². The first-order valence-electron chi connectivity index (χ1n) is 7.89. The molecule has 2 unspecified atom stereocenters. The Balaban J connectivity index is 1.82. The minimum atomic E-state index is -0.371. The number of benzene rings is 2. The minimum absolute atomic E-state index is 0.208. The highest BCUT2D eigenvalue weighted by Crippen LogP contribution is 2.36. The zero-order valence-electron chi connectivity index (χ0n) is 12.9. The van der Waals surface area contributed by atoms with Crippen LogP contribution in [0, 0.1) is 5.82 Å². The monoisotopic (exact) mass is 299 g/mol. The third-order valence-corrected chi connectivity index (χ3v) is 4.47. The molecule has 3 rings (SSSR count). The Hall–Kier alpha value is -1.71. The normalized spacial score (nSPS) is 24.5. The molecule has 0 radical (unpaired) electrons. The van der Waals surface area contributed by atoms with E-state index in [-0.39, 0.29) is 11.4 Å². The van der Waals surface area contributed by atoms with Crippen LogP contribution in [0.15, 0.2) is 54.6 Å². The van der Waals surface area contributed by atoms with E-state index in [4.69, 9.17) is 4.74 Å². The molecule has 0 bridgehead atoms. The average Bonchev–Trinajstić information content (AvgIpc) is 2.99. The maximum Gasteiger partial charge on any atom is 0.123 e. The number of rotatable bonds is 5. The first kappa shape index (κ1) is 15.2. The number of hydrogen-bond donors (Lipinski definition) is 1. The fourth-order valence-electron chi connectivity index (χ4n) is 3.10. The Labute approximate surface area is 131 Å². The summed E-state index contributed by atoms with van der Waals surface area (Å²) in [5.74, 6) is -0.208. The number of halogens is 1. The predicted molar refractivity (Wildman–Crippen MR) is 86.0 cm³/mol. The van der Waals surface area contributed by atoms with Crippen LogP contribution in [0.3, 0.4) is 0 Å². The van der Waals surface area contributed by atoms with Crippen molar-refractivity contribution in [1.82, 2.24) is 5.32 Å². The first-order valence-corrected chi connectivity index (χ1v) is 7.89. The number of ether oxygens (including phenoxy) is 1. The molecule has 0 aliphatic carbocycles. The van der Waals surface area contributed by atoms with Crippen LogP contribution >= 0.6 is 0 Å². The maximum absolute atomic E-state index is 13.2. The molecule has 2 aromatic carbocycles. The summed E-state index contributed by atoms with van der Waals surface area (Å²) in [4.78, 5) is 0. The van der Waals surface area contributed by atoms with Gasteiger partial charge in [0.15, 0.2) is 0 Å². The van der Waals surface area contributed by atoms with Crippen LogP contribution in [-0.4, -0.2) is 12.6 Å². The lowest BCUT2D eigenvalue weighted by Gasteiger charge is -2.30. The molecule has 1 saturated heterocycles. The van der Waals surface area contributed by atoms with E-state index in [1.165, 1.54) is 12.1 Å². The average molecular weight is 299 g/mol. The predicted octanol–water partition coefficient (Wildman–Crippen LogP) is 4.01. The quantitative estimate of drug-likeness (QED) is 0.900. The van der Waals surface area contributed by atoms with E-state index in [0.29, 0.717) is 12.6 Å². The van der Waals surface area contributed by atoms with E-state index in [1.54, 1.807) is 0 Å². The molecular formula is C19H22FNO. The fraction of sp³-hybridized carbons (Fsp3) is 0.368. The second-order valence-corrected chi connectivity index (χ2v) is 5.97. The van der Waals surface area contributed by atoms with Crippen molar-refractivity contribution < 1.29 is 9.13 Å². The molecule has 3 heteroatoms. The number of nitrogens with one attached hydrogen (secondary N) is 1.